The fourth-order valence-corrected chi connectivity index (χ4v) is 2.24. The number of hydrogen-bond acceptors (Lipinski definition) is 3. The molecule has 2 heterocycles. The number of hydrogen-bond donors (Lipinski definition) is 2. The first-order chi connectivity index (χ1) is 9.72. The Labute approximate surface area is 116 Å². The molecule has 20 heavy (non-hydrogen) atoms. The van der Waals surface area contributed by atoms with Crippen molar-refractivity contribution in [3.05, 3.63) is 53.9 Å². The molecule has 0 atom stereocenters. The molecule has 0 unspecified atom stereocenters. The molecule has 4 nitrogen and oxygen atoms in total. The van der Waals surface area contributed by atoms with Crippen LogP contribution in [0.15, 0.2) is 36.8 Å². The van der Waals surface area contributed by atoms with Gasteiger partial charge in [-0.3, -0.25) is 4.98 Å². The van der Waals surface area contributed by atoms with E-state index in [1.165, 1.54) is 12.1 Å². The standard InChI is InChI=1S/C15H15FN4/c1-10-7-17-9-15(20-10)18-5-4-11-8-19-14-6-12(16)2-3-13(11)14/h2-3,6-9,19H,4-5H2,1H3,(H,18,20). The largest absolute Gasteiger partial charge is 0.368 e. The fourth-order valence-electron chi connectivity index (χ4n) is 2.24. The molecule has 0 saturated carbocycles. The number of aromatic amines is 1. The molecule has 3 rings (SSSR count). The molecule has 0 spiro atoms. The Bertz CT molecular complexity index is 736. The van der Waals surface area contributed by atoms with Crippen LogP contribution in [0, 0.1) is 12.7 Å². The van der Waals surface area contributed by atoms with Crippen LogP contribution in [0.2, 0.25) is 0 Å². The zero-order chi connectivity index (χ0) is 13.9. The van der Waals surface area contributed by atoms with Gasteiger partial charge in [0.05, 0.1) is 11.9 Å². The molecular weight excluding hydrogens is 255 g/mol. The van der Waals surface area contributed by atoms with Crippen molar-refractivity contribution < 1.29 is 4.39 Å². The van der Waals surface area contributed by atoms with Crippen molar-refractivity contribution in [1.29, 1.82) is 0 Å². The van der Waals surface area contributed by atoms with Gasteiger partial charge in [0.25, 0.3) is 0 Å². The molecule has 5 heteroatoms. The lowest BCUT2D eigenvalue weighted by Crippen LogP contribution is -2.06. The van der Waals surface area contributed by atoms with E-state index >= 15 is 0 Å². The number of halogens is 1. The van der Waals surface area contributed by atoms with E-state index in [4.69, 9.17) is 0 Å². The van der Waals surface area contributed by atoms with Gasteiger partial charge in [-0.05, 0) is 37.1 Å². The second-order valence-electron chi connectivity index (χ2n) is 4.73. The van der Waals surface area contributed by atoms with Crippen molar-refractivity contribution >= 4 is 16.7 Å². The summed E-state index contributed by atoms with van der Waals surface area (Å²) >= 11 is 0. The topological polar surface area (TPSA) is 53.6 Å². The van der Waals surface area contributed by atoms with Crippen molar-refractivity contribution in [3.8, 4) is 0 Å². The molecule has 2 N–H and O–H groups in total. The molecule has 0 aliphatic rings. The quantitative estimate of drug-likeness (QED) is 0.766. The number of aromatic nitrogens is 3. The molecule has 0 amide bonds. The van der Waals surface area contributed by atoms with Gasteiger partial charge in [0.15, 0.2) is 0 Å². The predicted molar refractivity (Wildman–Crippen MR) is 77.2 cm³/mol. The predicted octanol–water partition coefficient (Wildman–Crippen LogP) is 3.06. The van der Waals surface area contributed by atoms with Crippen LogP contribution in [0.5, 0.6) is 0 Å². The monoisotopic (exact) mass is 270 g/mol. The third-order valence-corrected chi connectivity index (χ3v) is 3.18. The summed E-state index contributed by atoms with van der Waals surface area (Å²) in [7, 11) is 0. The number of rotatable bonds is 4. The number of nitrogens with one attached hydrogen (secondary N) is 2. The van der Waals surface area contributed by atoms with Gasteiger partial charge in [0, 0.05) is 29.8 Å². The number of benzene rings is 1. The Kier molecular flexibility index (Phi) is 3.33. The van der Waals surface area contributed by atoms with E-state index in [9.17, 15) is 4.39 Å². The zero-order valence-corrected chi connectivity index (χ0v) is 11.2. The van der Waals surface area contributed by atoms with Crippen LogP contribution in [0.4, 0.5) is 10.2 Å². The fraction of sp³-hybridized carbons (Fsp3) is 0.200. The lowest BCUT2D eigenvalue weighted by molar-refractivity contribution is 0.629. The summed E-state index contributed by atoms with van der Waals surface area (Å²) in [6.45, 7) is 2.66. The molecule has 3 aromatic rings. The number of nitrogens with zero attached hydrogens (tertiary/aromatic N) is 2. The summed E-state index contributed by atoms with van der Waals surface area (Å²) in [5, 5.41) is 4.30. The van der Waals surface area contributed by atoms with Crippen LogP contribution in [-0.2, 0) is 6.42 Å². The molecule has 0 aliphatic carbocycles. The molecule has 0 saturated heterocycles. The van der Waals surface area contributed by atoms with Crippen molar-refractivity contribution in [1.82, 2.24) is 15.0 Å². The van der Waals surface area contributed by atoms with Crippen LogP contribution in [0.1, 0.15) is 11.3 Å². The number of anilines is 1. The maximum Gasteiger partial charge on any atom is 0.144 e. The maximum absolute atomic E-state index is 13.1. The minimum Gasteiger partial charge on any atom is -0.368 e. The Morgan fingerprint density at radius 3 is 3.05 bits per heavy atom. The van der Waals surface area contributed by atoms with Crippen molar-refractivity contribution in [2.45, 2.75) is 13.3 Å². The summed E-state index contributed by atoms with van der Waals surface area (Å²) in [5.74, 6) is 0.551. The van der Waals surface area contributed by atoms with Gasteiger partial charge < -0.3 is 10.3 Å². The average molecular weight is 270 g/mol. The Balaban J connectivity index is 1.68. The smallest absolute Gasteiger partial charge is 0.144 e. The van der Waals surface area contributed by atoms with E-state index in [0.717, 1.165) is 40.9 Å². The molecule has 0 bridgehead atoms. The lowest BCUT2D eigenvalue weighted by Gasteiger charge is -2.05. The number of fused-ring (bicyclic) bond motifs is 1. The second-order valence-corrected chi connectivity index (χ2v) is 4.73. The first kappa shape index (κ1) is 12.6. The van der Waals surface area contributed by atoms with E-state index in [2.05, 4.69) is 20.3 Å². The van der Waals surface area contributed by atoms with Crippen LogP contribution in [0.25, 0.3) is 10.9 Å². The molecule has 0 radical (unpaired) electrons. The first-order valence-corrected chi connectivity index (χ1v) is 6.50. The summed E-state index contributed by atoms with van der Waals surface area (Å²) in [4.78, 5) is 11.5. The summed E-state index contributed by atoms with van der Waals surface area (Å²) in [6.07, 6.45) is 6.19. The Morgan fingerprint density at radius 2 is 2.20 bits per heavy atom. The summed E-state index contributed by atoms with van der Waals surface area (Å²) in [5.41, 5.74) is 2.88. The molecule has 1 aromatic carbocycles. The van der Waals surface area contributed by atoms with E-state index in [-0.39, 0.29) is 5.82 Å². The normalized spacial score (nSPS) is 10.9. The second kappa shape index (κ2) is 5.28. The van der Waals surface area contributed by atoms with E-state index in [1.54, 1.807) is 12.4 Å². The van der Waals surface area contributed by atoms with Gasteiger partial charge in [0.2, 0.25) is 0 Å². The van der Waals surface area contributed by atoms with Crippen LogP contribution >= 0.6 is 0 Å². The van der Waals surface area contributed by atoms with Crippen molar-refractivity contribution in [3.63, 3.8) is 0 Å². The van der Waals surface area contributed by atoms with Crippen LogP contribution < -0.4 is 5.32 Å². The van der Waals surface area contributed by atoms with Gasteiger partial charge in [-0.15, -0.1) is 0 Å². The van der Waals surface area contributed by atoms with E-state index in [0.29, 0.717) is 0 Å². The zero-order valence-electron chi connectivity index (χ0n) is 11.2. The highest BCUT2D eigenvalue weighted by molar-refractivity contribution is 5.83. The van der Waals surface area contributed by atoms with Gasteiger partial charge in [0.1, 0.15) is 11.6 Å². The third kappa shape index (κ3) is 2.61. The van der Waals surface area contributed by atoms with E-state index in [1.807, 2.05) is 19.2 Å². The Morgan fingerprint density at radius 1 is 1.30 bits per heavy atom. The minimum absolute atomic E-state index is 0.223. The highest BCUT2D eigenvalue weighted by Crippen LogP contribution is 2.19. The molecule has 2 aromatic heterocycles. The third-order valence-electron chi connectivity index (χ3n) is 3.18. The summed E-state index contributed by atoms with van der Waals surface area (Å²) in [6, 6.07) is 4.81. The van der Waals surface area contributed by atoms with Crippen LogP contribution in [-0.4, -0.2) is 21.5 Å². The molecule has 0 aliphatic heterocycles. The maximum atomic E-state index is 13.1. The van der Waals surface area contributed by atoms with Gasteiger partial charge in [-0.1, -0.05) is 0 Å². The first-order valence-electron chi connectivity index (χ1n) is 6.50. The van der Waals surface area contributed by atoms with Gasteiger partial charge >= 0.3 is 0 Å². The number of H-pyrrole nitrogens is 1. The average Bonchev–Trinajstić information content (AvgIpc) is 2.81. The highest BCUT2D eigenvalue weighted by Gasteiger charge is 2.04. The molecule has 0 fully saturated rings. The summed E-state index contributed by atoms with van der Waals surface area (Å²) < 4.78 is 13.1. The SMILES string of the molecule is Cc1cncc(NCCc2c[nH]c3cc(F)ccc23)n1. The van der Waals surface area contributed by atoms with E-state index < -0.39 is 0 Å². The van der Waals surface area contributed by atoms with Gasteiger partial charge in [-0.2, -0.15) is 0 Å². The number of aryl methyl sites for hydroxylation is 1. The van der Waals surface area contributed by atoms with Crippen LogP contribution in [0.3, 0.4) is 0 Å². The van der Waals surface area contributed by atoms with Crippen molar-refractivity contribution in [2.75, 3.05) is 11.9 Å². The van der Waals surface area contributed by atoms with Gasteiger partial charge in [-0.25, -0.2) is 9.37 Å². The lowest BCUT2D eigenvalue weighted by atomic mass is 10.1. The van der Waals surface area contributed by atoms with Crippen molar-refractivity contribution in [2.24, 2.45) is 0 Å². The molecule has 102 valence electrons. The Hall–Kier alpha value is -2.43. The molecular formula is C15H15FN4. The highest BCUT2D eigenvalue weighted by atomic mass is 19.1. The minimum atomic E-state index is -0.223.